The van der Waals surface area contributed by atoms with Gasteiger partial charge in [0.2, 0.25) is 0 Å². The van der Waals surface area contributed by atoms with Crippen LogP contribution in [0.3, 0.4) is 0 Å². The second-order valence-electron chi connectivity index (χ2n) is 5.94. The number of aromatic nitrogens is 5. The Balaban J connectivity index is 1.89. The van der Waals surface area contributed by atoms with Crippen molar-refractivity contribution in [3.8, 4) is 11.1 Å². The maximum atomic E-state index is 6.29. The molecule has 0 unspecified atom stereocenters. The van der Waals surface area contributed by atoms with Crippen LogP contribution in [0.15, 0.2) is 23.1 Å². The molecule has 0 saturated carbocycles. The normalized spacial score (nSPS) is 18.6. The summed E-state index contributed by atoms with van der Waals surface area (Å²) in [7, 11) is 1.90. The van der Waals surface area contributed by atoms with Gasteiger partial charge in [-0.1, -0.05) is 0 Å². The quantitative estimate of drug-likeness (QED) is 0.710. The first-order valence-corrected chi connectivity index (χ1v) is 8.47. The molecule has 120 valence electrons. The third-order valence-corrected chi connectivity index (χ3v) is 5.16. The average molecular weight is 380 g/mol. The van der Waals surface area contributed by atoms with Crippen LogP contribution in [0.5, 0.6) is 0 Å². The molecule has 0 bridgehead atoms. The van der Waals surface area contributed by atoms with Crippen LogP contribution < -0.4 is 11.1 Å². The molecule has 3 aromatic rings. The van der Waals surface area contributed by atoms with Gasteiger partial charge in [-0.2, -0.15) is 14.7 Å². The van der Waals surface area contributed by atoms with E-state index < -0.39 is 0 Å². The fourth-order valence-electron chi connectivity index (χ4n) is 3.13. The van der Waals surface area contributed by atoms with E-state index in [0.717, 1.165) is 52.9 Å². The predicted molar refractivity (Wildman–Crippen MR) is 92.1 cm³/mol. The number of hydrogen-bond acceptors (Lipinski definition) is 5. The lowest BCUT2D eigenvalue weighted by atomic mass is 9.98. The molecular weight excluding hydrogens is 362 g/mol. The van der Waals surface area contributed by atoms with Gasteiger partial charge in [0.25, 0.3) is 0 Å². The molecule has 7 nitrogen and oxygen atoms in total. The van der Waals surface area contributed by atoms with Crippen LogP contribution in [0.1, 0.15) is 24.5 Å². The van der Waals surface area contributed by atoms with E-state index in [-0.39, 0.29) is 0 Å². The first-order valence-electron chi connectivity index (χ1n) is 7.67. The van der Waals surface area contributed by atoms with E-state index in [1.165, 1.54) is 0 Å². The molecule has 1 aliphatic rings. The zero-order valence-corrected chi connectivity index (χ0v) is 14.4. The van der Waals surface area contributed by atoms with Crippen molar-refractivity contribution < 1.29 is 0 Å². The highest BCUT2D eigenvalue weighted by molar-refractivity contribution is 9.10. The second kappa shape index (κ2) is 5.61. The van der Waals surface area contributed by atoms with Gasteiger partial charge in [-0.15, -0.1) is 0 Å². The van der Waals surface area contributed by atoms with Crippen molar-refractivity contribution in [3.63, 3.8) is 0 Å². The number of anilines is 1. The van der Waals surface area contributed by atoms with E-state index in [4.69, 9.17) is 10.7 Å². The Labute approximate surface area is 142 Å². The molecule has 0 radical (unpaired) electrons. The van der Waals surface area contributed by atoms with Crippen LogP contribution in [0.4, 0.5) is 5.82 Å². The lowest BCUT2D eigenvalue weighted by Crippen LogP contribution is -2.29. The standard InChI is InChI=1S/C15H18BrN7/c1-22-8-10(6-19-22)11-7-20-23-14(17)12(16)13(21-15(11)23)9-3-2-4-18-5-9/h6-9,18H,2-5,17H2,1H3/t9-/m1/s1/i12+1,14+1,20+1,23+1. The molecular formula is C15H18BrN7. The summed E-state index contributed by atoms with van der Waals surface area (Å²) in [5.74, 6) is 0.952. The SMILES string of the molecule is Cn1cc(-c2c[15n][15n]3c2nc([C@@H]2CCCNC2)[13c](Br)[13c]3N)cn1. The smallest absolute Gasteiger partial charge is 0.165 e. The van der Waals surface area contributed by atoms with E-state index >= 15 is 0 Å². The summed E-state index contributed by atoms with van der Waals surface area (Å²) in [6.45, 7) is 2.00. The maximum absolute atomic E-state index is 6.29. The highest BCUT2D eigenvalue weighted by atomic mass is 79.9. The summed E-state index contributed by atoms with van der Waals surface area (Å²) in [5, 5.41) is 12.1. The fraction of sp³-hybridized carbons (Fsp3) is 0.400. The van der Waals surface area contributed by atoms with E-state index in [2.05, 4.69) is 31.4 Å². The molecule has 3 aromatic heterocycles. The second-order valence-corrected chi connectivity index (χ2v) is 6.73. The minimum Gasteiger partial charge on any atom is -0.383 e. The number of halogens is 1. The van der Waals surface area contributed by atoms with Crippen molar-refractivity contribution in [1.82, 2.24) is 29.7 Å². The molecule has 3 N–H and O–H groups in total. The number of hydrogen-bond donors (Lipinski definition) is 2. The predicted octanol–water partition coefficient (Wildman–Crippen LogP) is 1.94. The summed E-state index contributed by atoms with van der Waals surface area (Å²) in [6.07, 6.45) is 7.84. The van der Waals surface area contributed by atoms with Crippen molar-refractivity contribution in [2.75, 3.05) is 18.8 Å². The summed E-state index contributed by atoms with van der Waals surface area (Å²) < 4.78 is 4.30. The molecule has 0 spiro atoms. The van der Waals surface area contributed by atoms with Crippen molar-refractivity contribution in [3.05, 3.63) is 28.8 Å². The highest BCUT2D eigenvalue weighted by Crippen LogP contribution is 2.34. The number of rotatable bonds is 2. The molecule has 0 amide bonds. The Morgan fingerprint density at radius 1 is 1.35 bits per heavy atom. The molecule has 4 rings (SSSR count). The Bertz CT molecular complexity index is 860. The Kier molecular flexibility index (Phi) is 3.57. The zero-order valence-electron chi connectivity index (χ0n) is 12.8. The highest BCUT2D eigenvalue weighted by Gasteiger charge is 2.23. The van der Waals surface area contributed by atoms with Crippen LogP contribution in [-0.4, -0.2) is 37.5 Å². The molecule has 1 saturated heterocycles. The average Bonchev–Trinajstić information content (AvgIpc) is 3.17. The zero-order chi connectivity index (χ0) is 16.0. The number of aryl methyl sites for hydroxylation is 1. The van der Waals surface area contributed by atoms with E-state index in [0.29, 0.717) is 11.7 Å². The van der Waals surface area contributed by atoms with E-state index in [1.807, 2.05) is 19.4 Å². The van der Waals surface area contributed by atoms with Crippen LogP contribution in [0, 0.1) is 0 Å². The lowest BCUT2D eigenvalue weighted by molar-refractivity contribution is 0.453. The number of piperidine rings is 1. The molecule has 4 heterocycles. The van der Waals surface area contributed by atoms with Gasteiger partial charge in [-0.3, -0.25) is 4.68 Å². The van der Waals surface area contributed by atoms with Crippen LogP contribution in [0.2, 0.25) is 0 Å². The van der Waals surface area contributed by atoms with Gasteiger partial charge in [0.05, 0.1) is 22.6 Å². The summed E-state index contributed by atoms with van der Waals surface area (Å²) in [5.41, 5.74) is 10.0. The largest absolute Gasteiger partial charge is 0.383 e. The van der Waals surface area contributed by atoms with Gasteiger partial charge in [0.1, 0.15) is 5.82 Å². The summed E-state index contributed by atoms with van der Waals surface area (Å²) in [6, 6.07) is 0. The number of nitrogens with one attached hydrogen (secondary N) is 1. The van der Waals surface area contributed by atoms with Crippen molar-refractivity contribution in [2.45, 2.75) is 18.8 Å². The van der Waals surface area contributed by atoms with Gasteiger partial charge < -0.3 is 11.1 Å². The number of fused-ring (bicyclic) bond motifs is 1. The first-order chi connectivity index (χ1) is 11.1. The molecule has 8 heteroatoms. The number of nitrogen functional groups attached to an aromatic ring is 1. The lowest BCUT2D eigenvalue weighted by Gasteiger charge is -2.23. The van der Waals surface area contributed by atoms with Gasteiger partial charge in [0, 0.05) is 36.8 Å². The van der Waals surface area contributed by atoms with Gasteiger partial charge >= 0.3 is 0 Å². The molecule has 23 heavy (non-hydrogen) atoms. The van der Waals surface area contributed by atoms with Crippen LogP contribution in [0.25, 0.3) is 16.8 Å². The Morgan fingerprint density at radius 3 is 2.91 bits per heavy atom. The monoisotopic (exact) mass is 379 g/mol. The van der Waals surface area contributed by atoms with Crippen molar-refractivity contribution >= 4 is 27.4 Å². The number of nitrogens with zero attached hydrogens (tertiary/aromatic N) is 5. The van der Waals surface area contributed by atoms with Crippen LogP contribution in [-0.2, 0) is 7.05 Å². The van der Waals surface area contributed by atoms with Gasteiger partial charge in [0.15, 0.2) is 5.65 Å². The van der Waals surface area contributed by atoms with Crippen LogP contribution >= 0.6 is 15.9 Å². The van der Waals surface area contributed by atoms with Crippen molar-refractivity contribution in [1.29, 1.82) is 0 Å². The Hall–Kier alpha value is -1.93. The minimum atomic E-state index is 0.363. The third kappa shape index (κ3) is 2.42. The van der Waals surface area contributed by atoms with E-state index in [1.54, 1.807) is 15.4 Å². The Morgan fingerprint density at radius 2 is 2.22 bits per heavy atom. The topological polar surface area (TPSA) is 86.1 Å². The number of nitrogens with two attached hydrogens (primary N) is 1. The summed E-state index contributed by atoms with van der Waals surface area (Å²) >= 11 is 3.61. The third-order valence-electron chi connectivity index (χ3n) is 4.35. The van der Waals surface area contributed by atoms with Gasteiger partial charge in [-0.25, -0.2) is 4.98 Å². The first kappa shape index (κ1) is 14.6. The molecule has 1 atom stereocenters. The minimum absolute atomic E-state index is 0.363. The summed E-state index contributed by atoms with van der Waals surface area (Å²) in [4.78, 5) is 4.90. The van der Waals surface area contributed by atoms with Gasteiger partial charge in [-0.05, 0) is 35.3 Å². The maximum Gasteiger partial charge on any atom is 0.165 e. The van der Waals surface area contributed by atoms with Crippen molar-refractivity contribution in [2.24, 2.45) is 7.05 Å². The molecule has 1 fully saturated rings. The molecule has 1 aliphatic heterocycles. The van der Waals surface area contributed by atoms with E-state index in [9.17, 15) is 0 Å². The fourth-order valence-corrected chi connectivity index (χ4v) is 3.71. The molecule has 0 aromatic carbocycles. The molecule has 0 aliphatic carbocycles.